The molecule has 0 aromatic rings. The molecular weight excluding hydrogens is 251 g/mol. The normalized spacial score (nSPS) is 10.4. The number of halogens is 2. The van der Waals surface area contributed by atoms with Gasteiger partial charge in [-0.15, -0.1) is 23.2 Å². The molecule has 0 atom stereocenters. The van der Waals surface area contributed by atoms with E-state index < -0.39 is 0 Å². The number of ether oxygens (including phenoxy) is 1. The summed E-state index contributed by atoms with van der Waals surface area (Å²) in [6, 6.07) is 1.05. The molecule has 0 fully saturated rings. The van der Waals surface area contributed by atoms with Crippen LogP contribution in [0.4, 0.5) is 0 Å². The maximum atomic E-state index is 11.0. The average Bonchev–Trinajstić information content (AvgIpc) is 2.15. The van der Waals surface area contributed by atoms with Crippen molar-refractivity contribution in [3.05, 3.63) is 12.2 Å². The molecular formula is C10H16Cl2O2Si. The molecule has 0 aliphatic carbocycles. The molecule has 0 unspecified atom stereocenters. The Bertz CT molecular complexity index is 208. The fourth-order valence-electron chi connectivity index (χ4n) is 0.903. The van der Waals surface area contributed by atoms with Crippen LogP contribution >= 0.6 is 23.2 Å². The number of rotatable bonds is 8. The number of unbranched alkanes of at least 4 members (excludes halogenated alkanes) is 2. The van der Waals surface area contributed by atoms with Gasteiger partial charge in [0, 0.05) is 5.57 Å². The average molecular weight is 267 g/mol. The number of carbonyl (C=O) groups excluding carboxylic acids is 1. The first-order chi connectivity index (χ1) is 7.04. The van der Waals surface area contributed by atoms with Gasteiger partial charge in [0.15, 0.2) is 0 Å². The lowest BCUT2D eigenvalue weighted by atomic mass is 10.3. The molecule has 0 heterocycles. The standard InChI is InChI=1S/C10H16Cl2O2Si/c1-8(2)9(13)14-6-4-3-5-7-15-10(11)12/h10H,1,3-7H2,2H3. The van der Waals surface area contributed by atoms with Crippen molar-refractivity contribution in [2.45, 2.75) is 36.7 Å². The lowest BCUT2D eigenvalue weighted by Crippen LogP contribution is -2.06. The summed E-state index contributed by atoms with van der Waals surface area (Å²) in [7, 11) is 0.601. The fraction of sp³-hybridized carbons (Fsp3) is 0.700. The molecule has 0 amide bonds. The Morgan fingerprint density at radius 1 is 1.40 bits per heavy atom. The number of alkyl halides is 2. The molecule has 0 saturated carbocycles. The van der Waals surface area contributed by atoms with Gasteiger partial charge in [0.2, 0.25) is 0 Å². The largest absolute Gasteiger partial charge is 0.462 e. The van der Waals surface area contributed by atoms with Crippen molar-refractivity contribution in [2.75, 3.05) is 6.61 Å². The molecule has 2 radical (unpaired) electrons. The summed E-state index contributed by atoms with van der Waals surface area (Å²) in [6.07, 6.45) is 3.01. The van der Waals surface area contributed by atoms with E-state index >= 15 is 0 Å². The summed E-state index contributed by atoms with van der Waals surface area (Å²) < 4.78 is 4.71. The predicted molar refractivity (Wildman–Crippen MR) is 65.7 cm³/mol. The summed E-state index contributed by atoms with van der Waals surface area (Å²) in [4.78, 5) is 11.0. The zero-order valence-corrected chi connectivity index (χ0v) is 11.4. The summed E-state index contributed by atoms with van der Waals surface area (Å²) in [5, 5.41) is 0. The Labute approximate surface area is 104 Å². The Balaban J connectivity index is 3.18. The second kappa shape index (κ2) is 9.25. The van der Waals surface area contributed by atoms with E-state index in [0.29, 0.717) is 21.7 Å². The van der Waals surface area contributed by atoms with Crippen molar-refractivity contribution in [1.29, 1.82) is 0 Å². The van der Waals surface area contributed by atoms with Crippen LogP contribution in [0, 0.1) is 0 Å². The van der Waals surface area contributed by atoms with Crippen molar-refractivity contribution >= 4 is 38.7 Å². The molecule has 0 aromatic carbocycles. The number of hydrogen-bond donors (Lipinski definition) is 0. The summed E-state index contributed by atoms with van der Waals surface area (Å²) >= 11 is 11.2. The fourth-order valence-corrected chi connectivity index (χ4v) is 2.23. The summed E-state index contributed by atoms with van der Waals surface area (Å²) in [5.41, 5.74) is 0.448. The first kappa shape index (κ1) is 15.0. The van der Waals surface area contributed by atoms with Crippen LogP contribution in [0.3, 0.4) is 0 Å². The van der Waals surface area contributed by atoms with Gasteiger partial charge < -0.3 is 4.74 Å². The lowest BCUT2D eigenvalue weighted by Gasteiger charge is -2.04. The molecule has 0 rings (SSSR count). The molecule has 0 aliphatic heterocycles. The van der Waals surface area contributed by atoms with Gasteiger partial charge in [-0.3, -0.25) is 0 Å². The van der Waals surface area contributed by atoms with Crippen molar-refractivity contribution in [3.8, 4) is 0 Å². The Morgan fingerprint density at radius 3 is 2.60 bits per heavy atom. The Hall–Kier alpha value is 0.00688. The molecule has 0 spiro atoms. The first-order valence-electron chi connectivity index (χ1n) is 4.88. The highest BCUT2D eigenvalue weighted by Crippen LogP contribution is 2.06. The van der Waals surface area contributed by atoms with E-state index in [4.69, 9.17) is 27.9 Å². The van der Waals surface area contributed by atoms with E-state index in [1.54, 1.807) is 6.92 Å². The van der Waals surface area contributed by atoms with Crippen LogP contribution in [-0.2, 0) is 9.53 Å². The molecule has 0 N–H and O–H groups in total. The highest BCUT2D eigenvalue weighted by atomic mass is 35.5. The van der Waals surface area contributed by atoms with Crippen molar-refractivity contribution in [1.82, 2.24) is 0 Å². The van der Waals surface area contributed by atoms with E-state index in [-0.39, 0.29) is 10.4 Å². The molecule has 0 aliphatic rings. The summed E-state index contributed by atoms with van der Waals surface area (Å²) in [6.45, 7) is 5.62. The Morgan fingerprint density at radius 2 is 2.07 bits per heavy atom. The van der Waals surface area contributed by atoms with Crippen molar-refractivity contribution in [3.63, 3.8) is 0 Å². The molecule has 0 aromatic heterocycles. The zero-order valence-electron chi connectivity index (χ0n) is 8.89. The molecule has 86 valence electrons. The molecule has 2 nitrogen and oxygen atoms in total. The number of hydrogen-bond acceptors (Lipinski definition) is 2. The van der Waals surface area contributed by atoms with Gasteiger partial charge in [0.05, 0.1) is 20.6 Å². The van der Waals surface area contributed by atoms with Crippen LogP contribution in [0.2, 0.25) is 6.04 Å². The van der Waals surface area contributed by atoms with Gasteiger partial charge in [0.25, 0.3) is 0 Å². The smallest absolute Gasteiger partial charge is 0.333 e. The van der Waals surface area contributed by atoms with Crippen LogP contribution in [0.5, 0.6) is 0 Å². The third-order valence-electron chi connectivity index (χ3n) is 1.70. The van der Waals surface area contributed by atoms with Gasteiger partial charge in [-0.05, 0) is 13.3 Å². The molecule has 15 heavy (non-hydrogen) atoms. The SMILES string of the molecule is C=C(C)C(=O)OCCCCC[Si]C(Cl)Cl. The monoisotopic (exact) mass is 266 g/mol. The van der Waals surface area contributed by atoms with Crippen molar-refractivity contribution in [2.24, 2.45) is 0 Å². The Kier molecular flexibility index (Phi) is 9.25. The van der Waals surface area contributed by atoms with Gasteiger partial charge in [-0.25, -0.2) is 4.79 Å². The lowest BCUT2D eigenvalue weighted by molar-refractivity contribution is -0.139. The second-order valence-corrected chi connectivity index (χ2v) is 6.55. The van der Waals surface area contributed by atoms with E-state index in [2.05, 4.69) is 6.58 Å². The highest BCUT2D eigenvalue weighted by molar-refractivity contribution is 6.68. The van der Waals surface area contributed by atoms with Gasteiger partial charge in [0.1, 0.15) is 0 Å². The van der Waals surface area contributed by atoms with Gasteiger partial charge in [-0.2, -0.15) is 0 Å². The number of esters is 1. The van der Waals surface area contributed by atoms with E-state index in [9.17, 15) is 4.79 Å². The highest BCUT2D eigenvalue weighted by Gasteiger charge is 2.02. The molecule has 5 heteroatoms. The predicted octanol–water partition coefficient (Wildman–Crippen LogP) is 3.16. The minimum absolute atomic E-state index is 0.230. The van der Waals surface area contributed by atoms with Crippen LogP contribution in [-0.4, -0.2) is 26.6 Å². The van der Waals surface area contributed by atoms with Crippen LogP contribution in [0.15, 0.2) is 12.2 Å². The van der Waals surface area contributed by atoms with E-state index in [1.807, 2.05) is 0 Å². The van der Waals surface area contributed by atoms with Crippen LogP contribution in [0.25, 0.3) is 0 Å². The van der Waals surface area contributed by atoms with E-state index in [0.717, 1.165) is 25.3 Å². The van der Waals surface area contributed by atoms with Gasteiger partial charge in [-0.1, -0.05) is 25.5 Å². The van der Waals surface area contributed by atoms with Crippen LogP contribution in [0.1, 0.15) is 26.2 Å². The molecule has 0 bridgehead atoms. The third kappa shape index (κ3) is 10.3. The molecule has 0 saturated heterocycles. The maximum absolute atomic E-state index is 11.0. The topological polar surface area (TPSA) is 26.3 Å². The van der Waals surface area contributed by atoms with E-state index in [1.165, 1.54) is 0 Å². The third-order valence-corrected chi connectivity index (χ3v) is 3.58. The number of carbonyl (C=O) groups is 1. The first-order valence-corrected chi connectivity index (χ1v) is 7.04. The van der Waals surface area contributed by atoms with Crippen LogP contribution < -0.4 is 0 Å². The minimum Gasteiger partial charge on any atom is -0.462 e. The second-order valence-electron chi connectivity index (χ2n) is 3.23. The maximum Gasteiger partial charge on any atom is 0.333 e. The summed E-state index contributed by atoms with van der Waals surface area (Å²) in [5.74, 6) is -0.307. The minimum atomic E-state index is -0.307. The zero-order chi connectivity index (χ0) is 11.7. The van der Waals surface area contributed by atoms with Crippen molar-refractivity contribution < 1.29 is 9.53 Å². The quantitative estimate of drug-likeness (QED) is 0.222. The van der Waals surface area contributed by atoms with Gasteiger partial charge >= 0.3 is 5.97 Å².